The molecule has 0 fully saturated rings. The van der Waals surface area contributed by atoms with Crippen LogP contribution in [0.15, 0.2) is 23.3 Å². The Balaban J connectivity index is 1.87. The van der Waals surface area contributed by atoms with Gasteiger partial charge in [0.25, 0.3) is 0 Å². The lowest BCUT2D eigenvalue weighted by Crippen LogP contribution is -1.83. The number of aliphatic hydroxyl groups excluding tert-OH is 1. The maximum atomic E-state index is 8.64. The van der Waals surface area contributed by atoms with E-state index in [1.165, 1.54) is 51.4 Å². The molecule has 1 rings (SSSR count). The Kier molecular flexibility index (Phi) is 7.24. The molecule has 0 radical (unpaired) electrons. The van der Waals surface area contributed by atoms with E-state index in [0.29, 0.717) is 6.61 Å². The maximum Gasteiger partial charge on any atom is 0.0431 e. The topological polar surface area (TPSA) is 20.2 Å². The van der Waals surface area contributed by atoms with E-state index >= 15 is 0 Å². The van der Waals surface area contributed by atoms with Gasteiger partial charge in [0, 0.05) is 6.61 Å². The van der Waals surface area contributed by atoms with Gasteiger partial charge in [-0.25, -0.2) is 0 Å². The van der Waals surface area contributed by atoms with Crippen molar-refractivity contribution < 1.29 is 5.11 Å². The molecular weight excluding hydrogens is 196 g/mol. The molecule has 0 saturated heterocycles. The van der Waals surface area contributed by atoms with E-state index in [2.05, 4.69) is 19.1 Å². The highest BCUT2D eigenvalue weighted by Gasteiger charge is 2.18. The van der Waals surface area contributed by atoms with E-state index in [0.717, 1.165) is 6.42 Å². The molecule has 16 heavy (non-hydrogen) atoms. The summed E-state index contributed by atoms with van der Waals surface area (Å²) in [6, 6.07) is 0. The van der Waals surface area contributed by atoms with Crippen LogP contribution in [0.2, 0.25) is 0 Å². The Bertz CT molecular complexity index is 238. The van der Waals surface area contributed by atoms with Gasteiger partial charge < -0.3 is 5.11 Å². The number of unbranched alkanes of at least 4 members (excludes halogenated alkanes) is 5. The van der Waals surface area contributed by atoms with Crippen LogP contribution in [0.1, 0.15) is 64.7 Å². The first-order valence-corrected chi connectivity index (χ1v) is 6.80. The van der Waals surface area contributed by atoms with Gasteiger partial charge in [0.15, 0.2) is 0 Å². The first-order valence-electron chi connectivity index (χ1n) is 6.80. The van der Waals surface area contributed by atoms with Crippen molar-refractivity contribution in [2.75, 3.05) is 6.61 Å². The lowest BCUT2D eigenvalue weighted by atomic mass is 10.1. The molecule has 0 atom stereocenters. The molecule has 92 valence electrons. The van der Waals surface area contributed by atoms with Gasteiger partial charge in [-0.1, -0.05) is 49.0 Å². The van der Waals surface area contributed by atoms with Crippen molar-refractivity contribution in [2.24, 2.45) is 0 Å². The predicted octanol–water partition coefficient (Wildman–Crippen LogP) is 4.38. The molecule has 0 aromatic heterocycles. The molecule has 1 N–H and O–H groups in total. The molecule has 1 nitrogen and oxygen atoms in total. The molecular formula is C15H26O. The minimum atomic E-state index is 0.362. The fourth-order valence-electron chi connectivity index (χ4n) is 2.11. The van der Waals surface area contributed by atoms with Gasteiger partial charge in [0.2, 0.25) is 0 Å². The standard InChI is InChI=1S/C15H26O/c1-2-3-10-14-13-15(14)11-8-6-4-5-7-9-12-16/h2-3,16H,4-13H2,1H3. The van der Waals surface area contributed by atoms with Crippen molar-refractivity contribution in [3.63, 3.8) is 0 Å². The third kappa shape index (κ3) is 6.12. The summed E-state index contributed by atoms with van der Waals surface area (Å²) in [5.74, 6) is 0. The van der Waals surface area contributed by atoms with Crippen molar-refractivity contribution in [3.8, 4) is 0 Å². The zero-order valence-electron chi connectivity index (χ0n) is 10.7. The van der Waals surface area contributed by atoms with Crippen LogP contribution in [0.4, 0.5) is 0 Å². The van der Waals surface area contributed by atoms with Crippen LogP contribution in [-0.2, 0) is 0 Å². The van der Waals surface area contributed by atoms with Crippen molar-refractivity contribution in [1.29, 1.82) is 0 Å². The van der Waals surface area contributed by atoms with E-state index in [9.17, 15) is 0 Å². The summed E-state index contributed by atoms with van der Waals surface area (Å²) in [6.07, 6.45) is 15.8. The van der Waals surface area contributed by atoms with Gasteiger partial charge in [-0.15, -0.1) is 0 Å². The minimum Gasteiger partial charge on any atom is -0.396 e. The smallest absolute Gasteiger partial charge is 0.0431 e. The van der Waals surface area contributed by atoms with E-state index in [1.807, 2.05) is 0 Å². The third-order valence-electron chi connectivity index (χ3n) is 3.29. The minimum absolute atomic E-state index is 0.362. The fraction of sp³-hybridized carbons (Fsp3) is 0.733. The molecule has 1 heteroatoms. The zero-order chi connectivity index (χ0) is 11.6. The van der Waals surface area contributed by atoms with Crippen LogP contribution >= 0.6 is 0 Å². The molecule has 0 saturated carbocycles. The summed E-state index contributed by atoms with van der Waals surface area (Å²) >= 11 is 0. The second kappa shape index (κ2) is 8.58. The van der Waals surface area contributed by atoms with Crippen molar-refractivity contribution >= 4 is 0 Å². The SMILES string of the molecule is CC=CCC1=C(CCCCCCCCO)C1. The Morgan fingerprint density at radius 2 is 1.69 bits per heavy atom. The van der Waals surface area contributed by atoms with E-state index in [-0.39, 0.29) is 0 Å². The van der Waals surface area contributed by atoms with Gasteiger partial charge in [-0.3, -0.25) is 0 Å². The summed E-state index contributed by atoms with van der Waals surface area (Å²) in [6.45, 7) is 2.45. The maximum absolute atomic E-state index is 8.64. The summed E-state index contributed by atoms with van der Waals surface area (Å²) < 4.78 is 0. The average Bonchev–Trinajstić information content (AvgIpc) is 3.04. The van der Waals surface area contributed by atoms with Gasteiger partial charge in [0.1, 0.15) is 0 Å². The first-order chi connectivity index (χ1) is 7.88. The lowest BCUT2D eigenvalue weighted by Gasteiger charge is -1.98. The van der Waals surface area contributed by atoms with Crippen molar-refractivity contribution in [1.82, 2.24) is 0 Å². The average molecular weight is 222 g/mol. The van der Waals surface area contributed by atoms with Gasteiger partial charge in [0.05, 0.1) is 0 Å². The summed E-state index contributed by atoms with van der Waals surface area (Å²) in [5.41, 5.74) is 3.42. The molecule has 1 aliphatic carbocycles. The number of hydrogen-bond donors (Lipinski definition) is 1. The molecule has 0 aromatic rings. The Morgan fingerprint density at radius 3 is 2.38 bits per heavy atom. The zero-order valence-corrected chi connectivity index (χ0v) is 10.7. The van der Waals surface area contributed by atoms with Crippen LogP contribution in [0, 0.1) is 0 Å². The fourth-order valence-corrected chi connectivity index (χ4v) is 2.11. The highest BCUT2D eigenvalue weighted by atomic mass is 16.2. The quantitative estimate of drug-likeness (QED) is 0.430. The lowest BCUT2D eigenvalue weighted by molar-refractivity contribution is 0.282. The molecule has 0 unspecified atom stereocenters. The van der Waals surface area contributed by atoms with Crippen molar-refractivity contribution in [2.45, 2.75) is 64.7 Å². The third-order valence-corrected chi connectivity index (χ3v) is 3.29. The Hall–Kier alpha value is -0.560. The Morgan fingerprint density at radius 1 is 1.00 bits per heavy atom. The van der Waals surface area contributed by atoms with Crippen LogP contribution in [0.5, 0.6) is 0 Å². The molecule has 0 aromatic carbocycles. The molecule has 0 spiro atoms. The molecule has 0 amide bonds. The Labute approximate surface area is 100 Å². The molecule has 0 bridgehead atoms. The largest absolute Gasteiger partial charge is 0.396 e. The van der Waals surface area contributed by atoms with Gasteiger partial charge in [-0.2, -0.15) is 0 Å². The number of hydrogen-bond acceptors (Lipinski definition) is 1. The highest BCUT2D eigenvalue weighted by molar-refractivity contribution is 5.36. The van der Waals surface area contributed by atoms with Crippen LogP contribution in [0.3, 0.4) is 0 Å². The van der Waals surface area contributed by atoms with Crippen LogP contribution in [0.25, 0.3) is 0 Å². The molecule has 0 aliphatic heterocycles. The molecule has 1 aliphatic rings. The normalized spacial score (nSPS) is 15.1. The van der Waals surface area contributed by atoms with Crippen molar-refractivity contribution in [3.05, 3.63) is 23.3 Å². The number of allylic oxidation sites excluding steroid dienone is 4. The second-order valence-electron chi connectivity index (χ2n) is 4.75. The predicted molar refractivity (Wildman–Crippen MR) is 70.5 cm³/mol. The van der Waals surface area contributed by atoms with E-state index < -0.39 is 0 Å². The number of rotatable bonds is 10. The van der Waals surface area contributed by atoms with Gasteiger partial charge in [-0.05, 0) is 39.0 Å². The number of aliphatic hydroxyl groups is 1. The van der Waals surface area contributed by atoms with Crippen LogP contribution in [-0.4, -0.2) is 11.7 Å². The van der Waals surface area contributed by atoms with E-state index in [4.69, 9.17) is 5.11 Å². The monoisotopic (exact) mass is 222 g/mol. The van der Waals surface area contributed by atoms with Crippen LogP contribution < -0.4 is 0 Å². The summed E-state index contributed by atoms with van der Waals surface area (Å²) in [5, 5.41) is 8.64. The summed E-state index contributed by atoms with van der Waals surface area (Å²) in [7, 11) is 0. The van der Waals surface area contributed by atoms with Gasteiger partial charge >= 0.3 is 0 Å². The van der Waals surface area contributed by atoms with E-state index in [1.54, 1.807) is 11.1 Å². The first kappa shape index (κ1) is 13.5. The molecule has 0 heterocycles. The second-order valence-corrected chi connectivity index (χ2v) is 4.75. The summed E-state index contributed by atoms with van der Waals surface area (Å²) in [4.78, 5) is 0. The highest BCUT2D eigenvalue weighted by Crippen LogP contribution is 2.37.